The maximum atomic E-state index is 11.3. The van der Waals surface area contributed by atoms with Gasteiger partial charge in [-0.05, 0) is 123 Å². The molecule has 24 heteroatoms. The van der Waals surface area contributed by atoms with Gasteiger partial charge in [0, 0.05) is 82.4 Å². The number of carbonyl (C=O) groups is 2. The van der Waals surface area contributed by atoms with Crippen LogP contribution < -0.4 is 20.4 Å². The summed E-state index contributed by atoms with van der Waals surface area (Å²) in [6.45, 7) is 28.8. The van der Waals surface area contributed by atoms with Gasteiger partial charge in [0.15, 0.2) is 11.4 Å². The van der Waals surface area contributed by atoms with Crippen LogP contribution in [0.5, 0.6) is 0 Å². The van der Waals surface area contributed by atoms with Gasteiger partial charge >= 0.3 is 5.97 Å². The van der Waals surface area contributed by atoms with Gasteiger partial charge in [-0.15, -0.1) is 30.6 Å². The lowest BCUT2D eigenvalue weighted by Gasteiger charge is -2.27. The average Bonchev–Trinajstić information content (AvgIpc) is 1.68. The van der Waals surface area contributed by atoms with Crippen LogP contribution in [0.1, 0.15) is 79.0 Å². The van der Waals surface area contributed by atoms with Crippen LogP contribution in [0.15, 0.2) is 157 Å². The first-order valence-corrected chi connectivity index (χ1v) is 29.9. The van der Waals surface area contributed by atoms with Gasteiger partial charge in [0.2, 0.25) is 5.91 Å². The van der Waals surface area contributed by atoms with E-state index in [1.807, 2.05) is 124 Å². The van der Waals surface area contributed by atoms with Gasteiger partial charge in [-0.1, -0.05) is 73.1 Å². The molecule has 5 aromatic heterocycles. The molecule has 23 nitrogen and oxygen atoms in total. The van der Waals surface area contributed by atoms with Crippen LogP contribution in [0.4, 0.5) is 45.5 Å². The largest absolute Gasteiger partial charge is 0.480 e. The molecule has 8 heterocycles. The number of carbonyl (C=O) groups excluding carboxylic acids is 1. The number of benzene rings is 6. The van der Waals surface area contributed by atoms with Crippen LogP contribution in [0.2, 0.25) is 0 Å². The van der Waals surface area contributed by atoms with E-state index in [1.165, 1.54) is 9.36 Å². The molecule has 0 saturated carbocycles. The van der Waals surface area contributed by atoms with E-state index in [4.69, 9.17) is 29.2 Å². The van der Waals surface area contributed by atoms with Crippen LogP contribution in [-0.2, 0) is 22.7 Å². The molecule has 0 bridgehead atoms. The lowest BCUT2D eigenvalue weighted by molar-refractivity contribution is -0.137. The van der Waals surface area contributed by atoms with Crippen molar-refractivity contribution in [2.24, 2.45) is 5.73 Å². The summed E-state index contributed by atoms with van der Waals surface area (Å²) in [7, 11) is 0. The third-order valence-electron chi connectivity index (χ3n) is 16.2. The molecule has 0 saturated heterocycles. The second kappa shape index (κ2) is 24.9. The Bertz CT molecular complexity index is 4500. The van der Waals surface area contributed by atoms with Gasteiger partial charge in [0.05, 0.1) is 71.3 Å². The molecule has 1 amide bonds. The fourth-order valence-corrected chi connectivity index (χ4v) is 12.2. The zero-order chi connectivity index (χ0) is 63.8. The maximum absolute atomic E-state index is 11.3. The zero-order valence-electron chi connectivity index (χ0n) is 50.4. The molecular weight excluding hydrogens is 1210 g/mol. The Balaban J connectivity index is 0.000000133. The number of aromatic nitrogens is 13. The molecule has 91 heavy (non-hydrogen) atoms. The molecule has 14 rings (SSSR count). The predicted octanol–water partition coefficient (Wildman–Crippen LogP) is 12.5. The number of hydrogen-bond donors (Lipinski definition) is 2. The number of nitriles is 1. The monoisotopic (exact) mass is 1270 g/mol. The molecule has 0 unspecified atom stereocenters. The van der Waals surface area contributed by atoms with Gasteiger partial charge in [-0.2, -0.15) is 15.5 Å². The Morgan fingerprint density at radius 3 is 1.29 bits per heavy atom. The fourth-order valence-electron chi connectivity index (χ4n) is 11.8. The number of aliphatic carboxylic acids is 1. The van der Waals surface area contributed by atoms with Gasteiger partial charge in [-0.3, -0.25) is 32.7 Å². The molecule has 0 aliphatic carbocycles. The number of amides is 1. The number of nitrogens with zero attached hydrogens (tertiary/aromatic N) is 19. The van der Waals surface area contributed by atoms with Crippen LogP contribution in [0.25, 0.3) is 49.0 Å². The average molecular weight is 1270 g/mol. The van der Waals surface area contributed by atoms with Gasteiger partial charge in [0.1, 0.15) is 48.0 Å². The van der Waals surface area contributed by atoms with Gasteiger partial charge in [0.25, 0.3) is 0 Å². The van der Waals surface area contributed by atoms with Crippen molar-refractivity contribution in [3.8, 4) is 45.4 Å². The van der Waals surface area contributed by atoms with Crippen molar-refractivity contribution < 1.29 is 14.7 Å². The topological polar surface area (TPSA) is 250 Å². The van der Waals surface area contributed by atoms with E-state index < -0.39 is 11.9 Å². The third-order valence-corrected chi connectivity index (χ3v) is 16.7. The Labute approximate surface area is 532 Å². The summed E-state index contributed by atoms with van der Waals surface area (Å²) in [4.78, 5) is 36.1. The van der Waals surface area contributed by atoms with Crippen molar-refractivity contribution in [1.29, 1.82) is 5.26 Å². The smallest absolute Gasteiger partial charge is 0.325 e. The first-order chi connectivity index (χ1) is 44.0. The van der Waals surface area contributed by atoms with Crippen molar-refractivity contribution in [2.75, 3.05) is 34.3 Å². The first kappa shape index (κ1) is 59.8. The molecule has 3 aliphatic rings. The summed E-state index contributed by atoms with van der Waals surface area (Å²) < 4.78 is 10.3. The highest BCUT2D eigenvalue weighted by Gasteiger charge is 2.32. The van der Waals surface area contributed by atoms with E-state index in [1.54, 1.807) is 18.6 Å². The number of rotatable bonds is 9. The Morgan fingerprint density at radius 2 is 0.912 bits per heavy atom. The minimum absolute atomic E-state index is 0.0330. The Hall–Kier alpha value is -11.6. The van der Waals surface area contributed by atoms with E-state index in [0.29, 0.717) is 30.0 Å². The van der Waals surface area contributed by atoms with E-state index in [2.05, 4.69) is 152 Å². The van der Waals surface area contributed by atoms with Gasteiger partial charge in [-0.25, -0.2) is 9.69 Å². The summed E-state index contributed by atoms with van der Waals surface area (Å²) in [5.41, 5.74) is 19.9. The van der Waals surface area contributed by atoms with Crippen LogP contribution in [0.3, 0.4) is 0 Å². The number of nitrogens with two attached hydrogens (primary N) is 1. The summed E-state index contributed by atoms with van der Waals surface area (Å²) in [6, 6.07) is 43.6. The highest BCUT2D eigenvalue weighted by molar-refractivity contribution is 9.10. The number of halogens is 1. The molecule has 0 fully saturated rings. The predicted molar refractivity (Wildman–Crippen MR) is 348 cm³/mol. The second-order valence-corrected chi connectivity index (χ2v) is 23.4. The summed E-state index contributed by atoms with van der Waals surface area (Å²) in [6.07, 6.45) is 6.96. The van der Waals surface area contributed by atoms with Crippen LogP contribution >= 0.6 is 15.9 Å². The number of hydrogen-bond acceptors (Lipinski definition) is 14. The standard InChI is InChI=1S/C24H22N8O.C24H21N7O2.C19H16BrN5/c1-15-12-31(20-7-5-19(26-3)6-8-20)22-10-17(18-11-27-30(13-18)14-23(25)33)4-9-21(22)32-16(2)28-29-24(15)32;1-15-12-30(20-7-5-19(25-3)6-8-20)22-10-17(18-11-26-29(13-18)14-23(32)33)4-9-21(22)31-16(2)27-28-24(15)31;1-12-11-24(16-6-3-14(10-21)4-7-16)18-9-15(20)5-8-17(18)25-13(2)22-23-19(12)25/h4-11,13,15H,12,14H2,1-2H3,(H2,25,33);4-11,13,15H,12,14H2,1-2H3,(H,32,33);3-9,12H,11H2,1-2H3/t2*15-;12-/m111/s1. The van der Waals surface area contributed by atoms with Crippen molar-refractivity contribution in [1.82, 2.24) is 63.9 Å². The summed E-state index contributed by atoms with van der Waals surface area (Å²) in [5.74, 6) is 4.37. The van der Waals surface area contributed by atoms with Crippen molar-refractivity contribution in [3.63, 3.8) is 0 Å². The minimum Gasteiger partial charge on any atom is -0.480 e. The molecule has 3 aliphatic heterocycles. The summed E-state index contributed by atoms with van der Waals surface area (Å²) in [5, 5.41) is 52.8. The molecule has 3 N–H and O–H groups in total. The molecule has 11 aromatic rings. The Kier molecular flexibility index (Phi) is 16.4. The number of carboxylic acid groups (broad SMARTS) is 1. The van der Waals surface area contributed by atoms with Crippen molar-refractivity contribution in [2.45, 2.75) is 72.4 Å². The van der Waals surface area contributed by atoms with Gasteiger partial charge < -0.3 is 25.5 Å². The lowest BCUT2D eigenvalue weighted by atomic mass is 10.1. The van der Waals surface area contributed by atoms with Crippen molar-refractivity contribution >= 4 is 73.3 Å². The molecule has 0 spiro atoms. The van der Waals surface area contributed by atoms with Crippen molar-refractivity contribution in [3.05, 3.63) is 220 Å². The van der Waals surface area contributed by atoms with E-state index in [0.717, 1.165) is 119 Å². The number of primary amides is 1. The SMILES string of the molecule is Cc1nnc2n1-c1ccc(Br)cc1N(c1ccc(C#N)cc1)C[C@H]2C.[C-]#[N+]c1ccc(N2C[C@@H](C)c3nnc(C)n3-c3ccc(-c4cnn(CC(=O)O)c4)cc32)cc1.[C-]#[N+]c1ccc(N2C[C@@H](C)c3nnc(C)n3-c3ccc(-c4cnn(CC(N)=O)c4)cc32)cc1. The molecular formula is C67H59BrN20O3. The molecule has 0 radical (unpaired) electrons. The number of aryl methyl sites for hydroxylation is 3. The number of carboxylic acids is 1. The molecule has 6 aromatic carbocycles. The first-order valence-electron chi connectivity index (χ1n) is 29.2. The van der Waals surface area contributed by atoms with E-state index in [-0.39, 0.29) is 30.8 Å². The fraction of sp³-hybridized carbons (Fsp3) is 0.209. The van der Waals surface area contributed by atoms with E-state index in [9.17, 15) is 9.59 Å². The third kappa shape index (κ3) is 11.9. The quantitative estimate of drug-likeness (QED) is 0.127. The second-order valence-electron chi connectivity index (χ2n) is 22.5. The zero-order valence-corrected chi connectivity index (χ0v) is 52.0. The van der Waals surface area contributed by atoms with E-state index >= 15 is 0 Å². The number of anilines is 6. The number of fused-ring (bicyclic) bond motifs is 9. The van der Waals surface area contributed by atoms with Crippen LogP contribution in [0, 0.1) is 45.2 Å². The minimum atomic E-state index is -0.940. The normalized spacial score (nSPS) is 15.1. The Morgan fingerprint density at radius 1 is 0.538 bits per heavy atom. The highest BCUT2D eigenvalue weighted by atomic mass is 79.9. The summed E-state index contributed by atoms with van der Waals surface area (Å²) >= 11 is 3.59. The molecule has 3 atom stereocenters. The lowest BCUT2D eigenvalue weighted by Crippen LogP contribution is -2.21. The maximum Gasteiger partial charge on any atom is 0.325 e. The highest BCUT2D eigenvalue weighted by Crippen LogP contribution is 2.44. The molecule has 452 valence electrons. The van der Waals surface area contributed by atoms with Crippen LogP contribution in [-0.4, -0.2) is 100 Å².